The normalized spacial score (nSPS) is 18.3. The van der Waals surface area contributed by atoms with E-state index < -0.39 is 11.3 Å². The molecule has 3 heterocycles. The molecule has 1 aromatic carbocycles. The molecule has 4 rings (SSSR count). The van der Waals surface area contributed by atoms with Crippen molar-refractivity contribution in [2.24, 2.45) is 5.73 Å². The average Bonchev–Trinajstić information content (AvgIpc) is 2.85. The van der Waals surface area contributed by atoms with Gasteiger partial charge in [0.1, 0.15) is 5.82 Å². The molecule has 134 valence electrons. The van der Waals surface area contributed by atoms with Crippen LogP contribution >= 0.6 is 0 Å². The fourth-order valence-corrected chi connectivity index (χ4v) is 4.28. The molecule has 6 nitrogen and oxygen atoms in total. The van der Waals surface area contributed by atoms with Crippen LogP contribution in [0.2, 0.25) is 0 Å². The first kappa shape index (κ1) is 16.6. The third-order valence-corrected chi connectivity index (χ3v) is 5.69. The zero-order valence-electron chi connectivity index (χ0n) is 15.0. The number of fused-ring (bicyclic) bond motifs is 2. The summed E-state index contributed by atoms with van der Waals surface area (Å²) in [5.41, 5.74) is 8.43. The van der Waals surface area contributed by atoms with Gasteiger partial charge in [-0.15, -0.1) is 0 Å². The maximum atomic E-state index is 13.0. The SMILES string of the molecule is Cc1ccc(C(N)=O)c(N2CCC3(CC2)C(=O)N(C)c2ccccc23)n1. The fraction of sp³-hybridized carbons (Fsp3) is 0.350. The van der Waals surface area contributed by atoms with Gasteiger partial charge in [-0.3, -0.25) is 9.59 Å². The molecule has 1 fully saturated rings. The van der Waals surface area contributed by atoms with E-state index in [4.69, 9.17) is 5.73 Å². The number of piperidine rings is 1. The number of rotatable bonds is 2. The first-order valence-corrected chi connectivity index (χ1v) is 8.84. The second kappa shape index (κ2) is 5.83. The van der Waals surface area contributed by atoms with Crippen molar-refractivity contribution in [1.82, 2.24) is 4.98 Å². The molecule has 6 heteroatoms. The van der Waals surface area contributed by atoms with Gasteiger partial charge in [-0.2, -0.15) is 0 Å². The highest BCUT2D eigenvalue weighted by molar-refractivity contribution is 6.08. The van der Waals surface area contributed by atoms with Gasteiger partial charge in [0, 0.05) is 31.5 Å². The van der Waals surface area contributed by atoms with Crippen molar-refractivity contribution in [1.29, 1.82) is 0 Å². The molecule has 0 bridgehead atoms. The summed E-state index contributed by atoms with van der Waals surface area (Å²) in [4.78, 5) is 33.2. The van der Waals surface area contributed by atoms with Crippen LogP contribution in [0.15, 0.2) is 36.4 Å². The topological polar surface area (TPSA) is 79.5 Å². The molecular weight excluding hydrogens is 328 g/mol. The van der Waals surface area contributed by atoms with E-state index in [-0.39, 0.29) is 5.91 Å². The number of para-hydroxylation sites is 1. The molecular formula is C20H22N4O2. The number of aryl methyl sites for hydroxylation is 1. The number of carbonyl (C=O) groups excluding carboxylic acids is 2. The second-order valence-electron chi connectivity index (χ2n) is 7.14. The standard InChI is InChI=1S/C20H22N4O2/c1-13-7-8-14(17(21)25)18(22-13)24-11-9-20(10-12-24)15-5-3-4-6-16(15)23(2)19(20)26/h3-8H,9-12H2,1-2H3,(H2,21,25). The summed E-state index contributed by atoms with van der Waals surface area (Å²) in [6, 6.07) is 11.5. The molecule has 0 atom stereocenters. The molecule has 1 saturated heterocycles. The summed E-state index contributed by atoms with van der Waals surface area (Å²) < 4.78 is 0. The number of primary amides is 1. The van der Waals surface area contributed by atoms with Crippen molar-refractivity contribution >= 4 is 23.3 Å². The Bertz CT molecular complexity index is 900. The molecule has 0 saturated carbocycles. The number of anilines is 2. The molecule has 0 radical (unpaired) electrons. The van der Waals surface area contributed by atoms with E-state index in [0.29, 0.717) is 37.3 Å². The van der Waals surface area contributed by atoms with Gasteiger partial charge >= 0.3 is 0 Å². The summed E-state index contributed by atoms with van der Waals surface area (Å²) in [5.74, 6) is 0.305. The lowest BCUT2D eigenvalue weighted by atomic mass is 9.73. The van der Waals surface area contributed by atoms with E-state index in [1.54, 1.807) is 17.0 Å². The number of likely N-dealkylation sites (N-methyl/N-ethyl adjacent to an activating group) is 1. The lowest BCUT2D eigenvalue weighted by Crippen LogP contribution is -2.48. The maximum Gasteiger partial charge on any atom is 0.252 e. The highest BCUT2D eigenvalue weighted by Crippen LogP contribution is 2.47. The molecule has 0 unspecified atom stereocenters. The molecule has 2 aliphatic rings. The average molecular weight is 350 g/mol. The van der Waals surface area contributed by atoms with Crippen LogP contribution in [0, 0.1) is 6.92 Å². The Labute approximate surface area is 152 Å². The maximum absolute atomic E-state index is 13.0. The Kier molecular flexibility index (Phi) is 3.72. The van der Waals surface area contributed by atoms with Gasteiger partial charge in [-0.05, 0) is 43.5 Å². The third-order valence-electron chi connectivity index (χ3n) is 5.69. The van der Waals surface area contributed by atoms with Crippen molar-refractivity contribution in [3.63, 3.8) is 0 Å². The number of carbonyl (C=O) groups is 2. The first-order valence-electron chi connectivity index (χ1n) is 8.84. The van der Waals surface area contributed by atoms with Crippen molar-refractivity contribution < 1.29 is 9.59 Å². The fourth-order valence-electron chi connectivity index (χ4n) is 4.28. The number of hydrogen-bond acceptors (Lipinski definition) is 4. The van der Waals surface area contributed by atoms with E-state index in [2.05, 4.69) is 16.0 Å². The highest BCUT2D eigenvalue weighted by atomic mass is 16.2. The first-order chi connectivity index (χ1) is 12.4. The number of nitrogens with zero attached hydrogens (tertiary/aromatic N) is 3. The number of benzene rings is 1. The molecule has 1 aromatic heterocycles. The molecule has 26 heavy (non-hydrogen) atoms. The lowest BCUT2D eigenvalue weighted by Gasteiger charge is -2.39. The number of hydrogen-bond donors (Lipinski definition) is 1. The summed E-state index contributed by atoms with van der Waals surface area (Å²) >= 11 is 0. The minimum absolute atomic E-state index is 0.158. The Morgan fingerprint density at radius 2 is 1.85 bits per heavy atom. The van der Waals surface area contributed by atoms with Crippen LogP contribution in [-0.4, -0.2) is 36.9 Å². The quantitative estimate of drug-likeness (QED) is 0.898. The Morgan fingerprint density at radius 3 is 2.54 bits per heavy atom. The number of pyridine rings is 1. The Balaban J connectivity index is 1.66. The van der Waals surface area contributed by atoms with Crippen LogP contribution in [0.25, 0.3) is 0 Å². The van der Waals surface area contributed by atoms with Gasteiger partial charge in [-0.25, -0.2) is 4.98 Å². The van der Waals surface area contributed by atoms with Crippen LogP contribution in [0.5, 0.6) is 0 Å². The molecule has 1 spiro atoms. The monoisotopic (exact) mass is 350 g/mol. The van der Waals surface area contributed by atoms with Gasteiger partial charge in [-0.1, -0.05) is 18.2 Å². The lowest BCUT2D eigenvalue weighted by molar-refractivity contribution is -0.123. The number of nitrogens with two attached hydrogens (primary N) is 1. The summed E-state index contributed by atoms with van der Waals surface area (Å²) in [5, 5.41) is 0. The summed E-state index contributed by atoms with van der Waals surface area (Å²) in [6.45, 7) is 3.21. The molecule has 2 aromatic rings. The van der Waals surface area contributed by atoms with Crippen molar-refractivity contribution in [3.8, 4) is 0 Å². The minimum Gasteiger partial charge on any atom is -0.365 e. The predicted octanol–water partition coefficient (Wildman–Crippen LogP) is 2.00. The second-order valence-corrected chi connectivity index (χ2v) is 7.14. The Morgan fingerprint density at radius 1 is 1.15 bits per heavy atom. The van der Waals surface area contributed by atoms with Gasteiger partial charge < -0.3 is 15.5 Å². The predicted molar refractivity (Wildman–Crippen MR) is 100 cm³/mol. The van der Waals surface area contributed by atoms with Gasteiger partial charge in [0.05, 0.1) is 11.0 Å². The zero-order chi connectivity index (χ0) is 18.5. The van der Waals surface area contributed by atoms with Crippen LogP contribution in [-0.2, 0) is 10.2 Å². The smallest absolute Gasteiger partial charge is 0.252 e. The van der Waals surface area contributed by atoms with E-state index in [9.17, 15) is 9.59 Å². The van der Waals surface area contributed by atoms with Crippen LogP contribution in [0.1, 0.15) is 34.5 Å². The van der Waals surface area contributed by atoms with Crippen LogP contribution < -0.4 is 15.5 Å². The van der Waals surface area contributed by atoms with Gasteiger partial charge in [0.25, 0.3) is 5.91 Å². The van der Waals surface area contributed by atoms with Crippen LogP contribution in [0.3, 0.4) is 0 Å². The minimum atomic E-state index is -0.477. The summed E-state index contributed by atoms with van der Waals surface area (Å²) in [6.07, 6.45) is 1.39. The largest absolute Gasteiger partial charge is 0.365 e. The van der Waals surface area contributed by atoms with E-state index in [1.165, 1.54) is 0 Å². The molecule has 0 aliphatic carbocycles. The van der Waals surface area contributed by atoms with Gasteiger partial charge in [0.15, 0.2) is 0 Å². The molecule has 2 amide bonds. The van der Waals surface area contributed by atoms with E-state index in [1.807, 2.05) is 32.2 Å². The van der Waals surface area contributed by atoms with Crippen molar-refractivity contribution in [3.05, 3.63) is 53.2 Å². The van der Waals surface area contributed by atoms with Crippen molar-refractivity contribution in [2.45, 2.75) is 25.2 Å². The molecule has 2 N–H and O–H groups in total. The van der Waals surface area contributed by atoms with E-state index >= 15 is 0 Å². The van der Waals surface area contributed by atoms with Crippen molar-refractivity contribution in [2.75, 3.05) is 29.9 Å². The third kappa shape index (κ3) is 2.29. The Hall–Kier alpha value is -2.89. The van der Waals surface area contributed by atoms with Gasteiger partial charge in [0.2, 0.25) is 5.91 Å². The van der Waals surface area contributed by atoms with E-state index in [0.717, 1.165) is 16.9 Å². The number of aromatic nitrogens is 1. The zero-order valence-corrected chi connectivity index (χ0v) is 15.0. The highest BCUT2D eigenvalue weighted by Gasteiger charge is 2.51. The summed E-state index contributed by atoms with van der Waals surface area (Å²) in [7, 11) is 1.84. The van der Waals surface area contributed by atoms with Crippen LogP contribution in [0.4, 0.5) is 11.5 Å². The number of amides is 2. The molecule has 2 aliphatic heterocycles.